The van der Waals surface area contributed by atoms with Crippen LogP contribution >= 0.6 is 11.8 Å². The first kappa shape index (κ1) is 13.4. The summed E-state index contributed by atoms with van der Waals surface area (Å²) in [6.07, 6.45) is 3.99. The lowest BCUT2D eigenvalue weighted by Crippen LogP contribution is -2.53. The predicted molar refractivity (Wildman–Crippen MR) is 71.6 cm³/mol. The zero-order chi connectivity index (χ0) is 11.5. The van der Waals surface area contributed by atoms with Crippen LogP contribution in [0.25, 0.3) is 0 Å². The summed E-state index contributed by atoms with van der Waals surface area (Å²) in [6.45, 7) is 12.9. The summed E-state index contributed by atoms with van der Waals surface area (Å²) >= 11 is 2.17. The van der Waals surface area contributed by atoms with Crippen molar-refractivity contribution in [2.45, 2.75) is 64.7 Å². The van der Waals surface area contributed by atoms with Crippen LogP contribution in [0, 0.1) is 5.41 Å². The molecular weight excluding hydrogens is 202 g/mol. The van der Waals surface area contributed by atoms with E-state index in [0.717, 1.165) is 6.54 Å². The van der Waals surface area contributed by atoms with Crippen LogP contribution < -0.4 is 5.32 Å². The summed E-state index contributed by atoms with van der Waals surface area (Å²) in [6, 6.07) is 0.637. The van der Waals surface area contributed by atoms with Crippen LogP contribution in [0.2, 0.25) is 0 Å². The predicted octanol–water partition coefficient (Wildman–Crippen LogP) is 3.69. The van der Waals surface area contributed by atoms with E-state index in [9.17, 15) is 0 Å². The van der Waals surface area contributed by atoms with Gasteiger partial charge in [-0.2, -0.15) is 11.8 Å². The minimum Gasteiger partial charge on any atom is -0.312 e. The number of thioether (sulfide) groups is 1. The van der Waals surface area contributed by atoms with Gasteiger partial charge >= 0.3 is 0 Å². The molecule has 0 aromatic rings. The second-order valence-electron chi connectivity index (χ2n) is 6.02. The van der Waals surface area contributed by atoms with E-state index in [1.165, 1.54) is 25.0 Å². The molecule has 0 bridgehead atoms. The summed E-state index contributed by atoms with van der Waals surface area (Å²) in [5.41, 5.74) is 0.362. The molecule has 0 amide bonds. The normalized spacial score (nSPS) is 29.4. The summed E-state index contributed by atoms with van der Waals surface area (Å²) in [7, 11) is 0. The van der Waals surface area contributed by atoms with E-state index in [-0.39, 0.29) is 0 Å². The van der Waals surface area contributed by atoms with Crippen LogP contribution in [0.15, 0.2) is 0 Å². The molecule has 1 nitrogen and oxygen atoms in total. The van der Waals surface area contributed by atoms with E-state index in [2.05, 4.69) is 51.7 Å². The van der Waals surface area contributed by atoms with Gasteiger partial charge < -0.3 is 5.32 Å². The standard InChI is InChI=1S/C13H27NS/c1-6-9-14-11(12(2,3)4)13(5)8-7-10-15-13/h11,14H,6-10H2,1-5H3. The van der Waals surface area contributed by atoms with Crippen molar-refractivity contribution in [2.24, 2.45) is 5.41 Å². The molecule has 0 saturated carbocycles. The Morgan fingerprint density at radius 2 is 2.07 bits per heavy atom. The number of nitrogens with one attached hydrogen (secondary N) is 1. The van der Waals surface area contributed by atoms with Crippen molar-refractivity contribution in [3.8, 4) is 0 Å². The number of hydrogen-bond acceptors (Lipinski definition) is 2. The fourth-order valence-electron chi connectivity index (χ4n) is 2.76. The highest BCUT2D eigenvalue weighted by atomic mass is 32.2. The van der Waals surface area contributed by atoms with Crippen LogP contribution in [-0.2, 0) is 0 Å². The molecule has 0 aromatic heterocycles. The van der Waals surface area contributed by atoms with E-state index in [4.69, 9.17) is 0 Å². The van der Waals surface area contributed by atoms with Crippen LogP contribution in [0.4, 0.5) is 0 Å². The van der Waals surface area contributed by atoms with E-state index in [1.54, 1.807) is 0 Å². The topological polar surface area (TPSA) is 12.0 Å². The Kier molecular flexibility index (Phi) is 4.54. The van der Waals surface area contributed by atoms with Gasteiger partial charge in [-0.15, -0.1) is 0 Å². The third kappa shape index (κ3) is 3.39. The first-order chi connectivity index (χ1) is 6.90. The van der Waals surface area contributed by atoms with E-state index >= 15 is 0 Å². The average Bonchev–Trinajstić information content (AvgIpc) is 2.51. The zero-order valence-electron chi connectivity index (χ0n) is 11.0. The molecule has 1 saturated heterocycles. The summed E-state index contributed by atoms with van der Waals surface area (Å²) in [5, 5.41) is 3.77. The third-order valence-electron chi connectivity index (χ3n) is 3.32. The second kappa shape index (κ2) is 5.09. The van der Waals surface area contributed by atoms with Crippen molar-refractivity contribution < 1.29 is 0 Å². The molecule has 1 aliphatic rings. The van der Waals surface area contributed by atoms with Gasteiger partial charge in [-0.25, -0.2) is 0 Å². The summed E-state index contributed by atoms with van der Waals surface area (Å²) in [4.78, 5) is 0. The molecule has 0 radical (unpaired) electrons. The van der Waals surface area contributed by atoms with E-state index in [0.29, 0.717) is 16.2 Å². The molecule has 0 aliphatic carbocycles. The van der Waals surface area contributed by atoms with Gasteiger partial charge in [0.2, 0.25) is 0 Å². The van der Waals surface area contributed by atoms with Gasteiger partial charge in [-0.1, -0.05) is 27.7 Å². The Balaban J connectivity index is 2.71. The lowest BCUT2D eigenvalue weighted by atomic mass is 9.77. The lowest BCUT2D eigenvalue weighted by Gasteiger charge is -2.43. The Hall–Kier alpha value is 0.310. The molecule has 1 aliphatic heterocycles. The minimum absolute atomic E-state index is 0.362. The Morgan fingerprint density at radius 3 is 2.47 bits per heavy atom. The van der Waals surface area contributed by atoms with E-state index in [1.807, 2.05) is 0 Å². The molecule has 90 valence electrons. The van der Waals surface area contributed by atoms with Gasteiger partial charge in [0.05, 0.1) is 0 Å². The number of rotatable bonds is 4. The second-order valence-corrected chi connectivity index (χ2v) is 7.65. The van der Waals surface area contributed by atoms with Gasteiger partial charge in [-0.05, 0) is 43.9 Å². The zero-order valence-corrected chi connectivity index (χ0v) is 11.8. The third-order valence-corrected chi connectivity index (χ3v) is 4.92. The average molecular weight is 229 g/mol. The lowest BCUT2D eigenvalue weighted by molar-refractivity contribution is 0.219. The van der Waals surface area contributed by atoms with Gasteiger partial charge in [-0.3, -0.25) is 0 Å². The van der Waals surface area contributed by atoms with Crippen molar-refractivity contribution >= 4 is 11.8 Å². The monoisotopic (exact) mass is 229 g/mol. The summed E-state index contributed by atoms with van der Waals surface area (Å²) in [5.74, 6) is 1.34. The highest BCUT2D eigenvalue weighted by molar-refractivity contribution is 8.00. The van der Waals surface area contributed by atoms with Crippen LogP contribution in [0.3, 0.4) is 0 Å². The fraction of sp³-hybridized carbons (Fsp3) is 1.00. The SMILES string of the molecule is CCCNC(C(C)(C)C)C1(C)CCCS1. The van der Waals surface area contributed by atoms with Crippen molar-refractivity contribution in [3.05, 3.63) is 0 Å². The summed E-state index contributed by atoms with van der Waals surface area (Å²) < 4.78 is 0.452. The van der Waals surface area contributed by atoms with Gasteiger partial charge in [0, 0.05) is 10.8 Å². The fourth-order valence-corrected chi connectivity index (χ4v) is 4.40. The van der Waals surface area contributed by atoms with Gasteiger partial charge in [0.25, 0.3) is 0 Å². The van der Waals surface area contributed by atoms with Crippen LogP contribution in [0.1, 0.15) is 53.9 Å². The maximum atomic E-state index is 3.77. The quantitative estimate of drug-likeness (QED) is 0.789. The molecule has 0 spiro atoms. The van der Waals surface area contributed by atoms with Crippen molar-refractivity contribution in [1.82, 2.24) is 5.32 Å². The highest BCUT2D eigenvalue weighted by Crippen LogP contribution is 2.45. The maximum Gasteiger partial charge on any atom is 0.0290 e. The Morgan fingerprint density at radius 1 is 1.40 bits per heavy atom. The largest absolute Gasteiger partial charge is 0.312 e. The van der Waals surface area contributed by atoms with Crippen LogP contribution in [-0.4, -0.2) is 23.1 Å². The maximum absolute atomic E-state index is 3.77. The highest BCUT2D eigenvalue weighted by Gasteiger charge is 2.43. The van der Waals surface area contributed by atoms with Crippen molar-refractivity contribution in [2.75, 3.05) is 12.3 Å². The first-order valence-electron chi connectivity index (χ1n) is 6.27. The molecule has 2 unspecified atom stereocenters. The smallest absolute Gasteiger partial charge is 0.0290 e. The van der Waals surface area contributed by atoms with E-state index < -0.39 is 0 Å². The molecule has 2 heteroatoms. The van der Waals surface area contributed by atoms with Gasteiger partial charge in [0.15, 0.2) is 0 Å². The first-order valence-corrected chi connectivity index (χ1v) is 7.26. The molecular formula is C13H27NS. The molecule has 2 atom stereocenters. The molecule has 15 heavy (non-hydrogen) atoms. The Labute approximate surface area is 99.8 Å². The molecule has 1 fully saturated rings. The Bertz CT molecular complexity index is 189. The molecule has 0 aromatic carbocycles. The molecule has 1 N–H and O–H groups in total. The molecule has 1 heterocycles. The van der Waals surface area contributed by atoms with Crippen molar-refractivity contribution in [1.29, 1.82) is 0 Å². The van der Waals surface area contributed by atoms with Crippen LogP contribution in [0.5, 0.6) is 0 Å². The minimum atomic E-state index is 0.362. The van der Waals surface area contributed by atoms with Crippen molar-refractivity contribution in [3.63, 3.8) is 0 Å². The number of hydrogen-bond donors (Lipinski definition) is 1. The molecule has 1 rings (SSSR count). The van der Waals surface area contributed by atoms with Gasteiger partial charge in [0.1, 0.15) is 0 Å².